The Hall–Kier alpha value is -1.98. The van der Waals surface area contributed by atoms with Crippen molar-refractivity contribution < 1.29 is 22.7 Å². The van der Waals surface area contributed by atoms with Gasteiger partial charge in [-0.25, -0.2) is 4.79 Å². The molecule has 1 rings (SSSR count). The lowest BCUT2D eigenvalue weighted by molar-refractivity contribution is -0.137. The van der Waals surface area contributed by atoms with E-state index >= 15 is 0 Å². The number of nitrogens with two attached hydrogens (primary N) is 1. The van der Waals surface area contributed by atoms with E-state index in [2.05, 4.69) is 4.74 Å². The second-order valence-electron chi connectivity index (χ2n) is 3.20. The van der Waals surface area contributed by atoms with E-state index < -0.39 is 17.7 Å². The lowest BCUT2D eigenvalue weighted by Gasteiger charge is -2.09. The zero-order chi connectivity index (χ0) is 13.1. The number of esters is 1. The van der Waals surface area contributed by atoms with Gasteiger partial charge < -0.3 is 10.5 Å². The Balaban J connectivity index is 2.98. The first-order valence-electron chi connectivity index (χ1n) is 4.57. The fraction of sp³-hybridized carbons (Fsp3) is 0.182. The van der Waals surface area contributed by atoms with Crippen molar-refractivity contribution in [2.75, 3.05) is 12.8 Å². The molecule has 1 aromatic carbocycles. The summed E-state index contributed by atoms with van der Waals surface area (Å²) >= 11 is 0. The Morgan fingerprint density at radius 1 is 1.41 bits per heavy atom. The average molecular weight is 245 g/mol. The monoisotopic (exact) mass is 245 g/mol. The molecule has 0 amide bonds. The number of halogens is 3. The quantitative estimate of drug-likeness (QED) is 0.494. The highest BCUT2D eigenvalue weighted by Crippen LogP contribution is 2.33. The van der Waals surface area contributed by atoms with Crippen molar-refractivity contribution in [3.63, 3.8) is 0 Å². The van der Waals surface area contributed by atoms with Crippen LogP contribution in [0.3, 0.4) is 0 Å². The Bertz CT molecular complexity index is 453. The predicted octanol–water partition coefficient (Wildman–Crippen LogP) is 2.47. The summed E-state index contributed by atoms with van der Waals surface area (Å²) in [5, 5.41) is 0. The minimum atomic E-state index is -4.48. The van der Waals surface area contributed by atoms with Gasteiger partial charge in [0.15, 0.2) is 0 Å². The molecule has 0 aliphatic rings. The lowest BCUT2D eigenvalue weighted by atomic mass is 10.1. The van der Waals surface area contributed by atoms with E-state index in [0.717, 1.165) is 18.2 Å². The van der Waals surface area contributed by atoms with E-state index in [1.54, 1.807) is 0 Å². The van der Waals surface area contributed by atoms with Gasteiger partial charge in [-0.15, -0.1) is 0 Å². The van der Waals surface area contributed by atoms with Gasteiger partial charge >= 0.3 is 12.1 Å². The molecule has 3 nitrogen and oxygen atoms in total. The molecule has 0 aliphatic heterocycles. The zero-order valence-electron chi connectivity index (χ0n) is 8.91. The van der Waals surface area contributed by atoms with Gasteiger partial charge in [-0.2, -0.15) is 13.2 Å². The van der Waals surface area contributed by atoms with E-state index in [1.807, 2.05) is 0 Å². The van der Waals surface area contributed by atoms with Crippen molar-refractivity contribution in [2.24, 2.45) is 0 Å². The largest absolute Gasteiger partial charge is 0.466 e. The molecule has 92 valence electrons. The maximum absolute atomic E-state index is 12.4. The SMILES string of the molecule is COC(=O)C=Cc1ccc(C(F)(F)F)c(N)c1. The Kier molecular flexibility index (Phi) is 3.77. The number of hydrogen-bond acceptors (Lipinski definition) is 3. The normalized spacial score (nSPS) is 11.8. The number of anilines is 1. The molecule has 0 saturated carbocycles. The van der Waals surface area contributed by atoms with Gasteiger partial charge in [0.1, 0.15) is 0 Å². The van der Waals surface area contributed by atoms with Crippen molar-refractivity contribution >= 4 is 17.7 Å². The standard InChI is InChI=1S/C11H10F3NO2/c1-17-10(16)5-3-7-2-4-8(9(15)6-7)11(12,13)14/h2-6H,15H2,1H3. The van der Waals surface area contributed by atoms with Crippen LogP contribution in [0.1, 0.15) is 11.1 Å². The molecule has 0 aromatic heterocycles. The zero-order valence-corrected chi connectivity index (χ0v) is 8.91. The third-order valence-electron chi connectivity index (χ3n) is 1.99. The van der Waals surface area contributed by atoms with E-state index in [0.29, 0.717) is 5.56 Å². The summed E-state index contributed by atoms with van der Waals surface area (Å²) in [6.45, 7) is 0. The van der Waals surface area contributed by atoms with Crippen LogP contribution in [0.25, 0.3) is 6.08 Å². The summed E-state index contributed by atoms with van der Waals surface area (Å²) in [4.78, 5) is 10.8. The minimum Gasteiger partial charge on any atom is -0.466 e. The fourth-order valence-corrected chi connectivity index (χ4v) is 1.18. The fourth-order valence-electron chi connectivity index (χ4n) is 1.18. The van der Waals surface area contributed by atoms with Gasteiger partial charge in [-0.05, 0) is 23.8 Å². The molecule has 6 heteroatoms. The number of methoxy groups -OCH3 is 1. The smallest absolute Gasteiger partial charge is 0.418 e. The molecule has 0 radical (unpaired) electrons. The first-order chi connectivity index (χ1) is 7.84. The van der Waals surface area contributed by atoms with Gasteiger partial charge in [0.05, 0.1) is 12.7 Å². The second-order valence-corrected chi connectivity index (χ2v) is 3.20. The molecule has 0 heterocycles. The number of ether oxygens (including phenoxy) is 1. The molecule has 0 atom stereocenters. The van der Waals surface area contributed by atoms with Gasteiger partial charge in [-0.3, -0.25) is 0 Å². The Morgan fingerprint density at radius 2 is 2.06 bits per heavy atom. The highest BCUT2D eigenvalue weighted by atomic mass is 19.4. The lowest BCUT2D eigenvalue weighted by Crippen LogP contribution is -2.08. The number of alkyl halides is 3. The number of nitrogen functional groups attached to an aromatic ring is 1. The molecule has 0 fully saturated rings. The number of benzene rings is 1. The third kappa shape index (κ3) is 3.51. The summed E-state index contributed by atoms with van der Waals surface area (Å²) in [5.41, 5.74) is 4.39. The van der Waals surface area contributed by atoms with E-state index in [1.165, 1.54) is 19.3 Å². The van der Waals surface area contributed by atoms with Crippen LogP contribution >= 0.6 is 0 Å². The van der Waals surface area contributed by atoms with Crippen molar-refractivity contribution in [3.8, 4) is 0 Å². The molecule has 0 spiro atoms. The van der Waals surface area contributed by atoms with Crippen LogP contribution in [-0.4, -0.2) is 13.1 Å². The molecule has 0 bridgehead atoms. The minimum absolute atomic E-state index is 0.385. The van der Waals surface area contributed by atoms with E-state index in [4.69, 9.17) is 5.73 Å². The highest BCUT2D eigenvalue weighted by molar-refractivity contribution is 5.87. The maximum atomic E-state index is 12.4. The number of hydrogen-bond donors (Lipinski definition) is 1. The third-order valence-corrected chi connectivity index (χ3v) is 1.99. The second kappa shape index (κ2) is 4.90. The molecule has 17 heavy (non-hydrogen) atoms. The molecule has 1 aromatic rings. The summed E-state index contributed by atoms with van der Waals surface area (Å²) < 4.78 is 41.5. The van der Waals surface area contributed by atoms with E-state index in [-0.39, 0.29) is 5.69 Å². The molecule has 0 aliphatic carbocycles. The van der Waals surface area contributed by atoms with Crippen LogP contribution < -0.4 is 5.73 Å². The molecular formula is C11H10F3NO2. The molecular weight excluding hydrogens is 235 g/mol. The number of carbonyl (C=O) groups is 1. The first-order valence-corrected chi connectivity index (χ1v) is 4.57. The molecule has 0 saturated heterocycles. The van der Waals surface area contributed by atoms with Crippen molar-refractivity contribution in [1.82, 2.24) is 0 Å². The van der Waals surface area contributed by atoms with Gasteiger partial charge in [-0.1, -0.05) is 6.07 Å². The Morgan fingerprint density at radius 3 is 2.53 bits per heavy atom. The molecule has 2 N–H and O–H groups in total. The summed E-state index contributed by atoms with van der Waals surface area (Å²) in [6, 6.07) is 3.23. The number of carbonyl (C=O) groups excluding carboxylic acids is 1. The van der Waals surface area contributed by atoms with Crippen LogP contribution in [0.2, 0.25) is 0 Å². The summed E-state index contributed by atoms with van der Waals surface area (Å²) in [7, 11) is 1.20. The first kappa shape index (κ1) is 13.1. The maximum Gasteiger partial charge on any atom is 0.418 e. The molecule has 0 unspecified atom stereocenters. The van der Waals surface area contributed by atoms with Gasteiger partial charge in [0, 0.05) is 11.8 Å². The topological polar surface area (TPSA) is 52.3 Å². The van der Waals surface area contributed by atoms with Crippen LogP contribution in [-0.2, 0) is 15.7 Å². The number of rotatable bonds is 2. The van der Waals surface area contributed by atoms with E-state index in [9.17, 15) is 18.0 Å². The van der Waals surface area contributed by atoms with Gasteiger partial charge in [0.25, 0.3) is 0 Å². The van der Waals surface area contributed by atoms with Crippen molar-refractivity contribution in [1.29, 1.82) is 0 Å². The summed E-state index contributed by atoms with van der Waals surface area (Å²) in [6.07, 6.45) is -2.06. The predicted molar refractivity (Wildman–Crippen MR) is 56.9 cm³/mol. The highest BCUT2D eigenvalue weighted by Gasteiger charge is 2.32. The van der Waals surface area contributed by atoms with Gasteiger partial charge in [0.2, 0.25) is 0 Å². The van der Waals surface area contributed by atoms with Crippen LogP contribution in [0.5, 0.6) is 0 Å². The van der Waals surface area contributed by atoms with Crippen LogP contribution in [0, 0.1) is 0 Å². The van der Waals surface area contributed by atoms with Crippen molar-refractivity contribution in [2.45, 2.75) is 6.18 Å². The van der Waals surface area contributed by atoms with Crippen molar-refractivity contribution in [3.05, 3.63) is 35.4 Å². The average Bonchev–Trinajstić information content (AvgIpc) is 2.24. The van der Waals surface area contributed by atoms with Crippen LogP contribution in [0.15, 0.2) is 24.3 Å². The van der Waals surface area contributed by atoms with Crippen LogP contribution in [0.4, 0.5) is 18.9 Å². The Labute approximate surface area is 95.7 Å². The summed E-state index contributed by atoms with van der Waals surface area (Å²) in [5.74, 6) is -0.594.